The Labute approximate surface area is 187 Å². The summed E-state index contributed by atoms with van der Waals surface area (Å²) in [6.45, 7) is 1.33. The van der Waals surface area contributed by atoms with Crippen LogP contribution in [0, 0.1) is 0 Å². The lowest BCUT2D eigenvalue weighted by Crippen LogP contribution is -2.54. The fraction of sp³-hybridized carbons (Fsp3) is 0.348. The Morgan fingerprint density at radius 2 is 1.19 bits per heavy atom. The zero-order valence-electron chi connectivity index (χ0n) is 18.2. The van der Waals surface area contributed by atoms with E-state index in [0.717, 1.165) is 11.1 Å². The number of nitrogens with one attached hydrogen (secondary N) is 2. The number of hydrogen-bond donors (Lipinski definition) is 3. The van der Waals surface area contributed by atoms with Gasteiger partial charge in [0.2, 0.25) is 0 Å². The van der Waals surface area contributed by atoms with E-state index >= 15 is 0 Å². The van der Waals surface area contributed by atoms with Crippen LogP contribution in [0.3, 0.4) is 0 Å². The second-order valence-electron chi connectivity index (χ2n) is 7.60. The quantitative estimate of drug-likeness (QED) is 0.433. The highest BCUT2D eigenvalue weighted by Gasteiger charge is 2.25. The summed E-state index contributed by atoms with van der Waals surface area (Å²) in [4.78, 5) is 35.1. The Balaban J connectivity index is 1.70. The van der Waals surface area contributed by atoms with Crippen molar-refractivity contribution in [1.82, 2.24) is 10.6 Å². The van der Waals surface area contributed by atoms with Crippen molar-refractivity contribution in [3.8, 4) is 0 Å². The van der Waals surface area contributed by atoms with E-state index in [9.17, 15) is 19.5 Å². The van der Waals surface area contributed by atoms with Gasteiger partial charge in [0, 0.05) is 0 Å². The molecule has 0 fully saturated rings. The summed E-state index contributed by atoms with van der Waals surface area (Å²) < 4.78 is 10.4. The molecule has 0 aliphatic carbocycles. The van der Waals surface area contributed by atoms with Crippen molar-refractivity contribution in [1.29, 1.82) is 0 Å². The second-order valence-corrected chi connectivity index (χ2v) is 7.60. The maximum Gasteiger partial charge on any atom is 0.407 e. The Hall–Kier alpha value is -3.59. The number of alkyl carbamates (subject to hydrolysis) is 2. The minimum absolute atomic E-state index is 0.118. The molecule has 0 atom stereocenters. The third-order valence-electron chi connectivity index (χ3n) is 4.78. The summed E-state index contributed by atoms with van der Waals surface area (Å²) in [5.74, 6) is -0.967. The molecule has 0 radical (unpaired) electrons. The summed E-state index contributed by atoms with van der Waals surface area (Å²) in [6.07, 6.45) is -1.14. The van der Waals surface area contributed by atoms with Gasteiger partial charge in [-0.05, 0) is 11.1 Å². The molecule has 9 nitrogen and oxygen atoms in total. The van der Waals surface area contributed by atoms with Gasteiger partial charge < -0.3 is 29.7 Å². The van der Waals surface area contributed by atoms with Crippen LogP contribution in [0.25, 0.3) is 0 Å². The van der Waals surface area contributed by atoms with Gasteiger partial charge in [0.1, 0.15) is 13.2 Å². The van der Waals surface area contributed by atoms with Crippen molar-refractivity contribution >= 4 is 18.2 Å². The molecule has 2 aromatic rings. The number of carboxylic acid groups (broad SMARTS) is 1. The van der Waals surface area contributed by atoms with Crippen LogP contribution in [0.4, 0.5) is 9.59 Å². The van der Waals surface area contributed by atoms with E-state index in [2.05, 4.69) is 10.6 Å². The molecule has 0 heterocycles. The van der Waals surface area contributed by atoms with Crippen LogP contribution in [0.1, 0.15) is 11.1 Å². The first kappa shape index (κ1) is 24.7. The van der Waals surface area contributed by atoms with Gasteiger partial charge >= 0.3 is 18.2 Å². The summed E-state index contributed by atoms with van der Waals surface area (Å²) in [5, 5.41) is 14.5. The first-order valence-corrected chi connectivity index (χ1v) is 10.3. The highest BCUT2D eigenvalue weighted by atomic mass is 16.6. The van der Waals surface area contributed by atoms with Crippen LogP contribution < -0.4 is 10.6 Å². The van der Waals surface area contributed by atoms with Gasteiger partial charge in [0.15, 0.2) is 6.54 Å². The zero-order chi connectivity index (χ0) is 23.2. The fourth-order valence-corrected chi connectivity index (χ4v) is 3.00. The number of carbonyl (C=O) groups is 3. The lowest BCUT2D eigenvalue weighted by Gasteiger charge is -2.33. The van der Waals surface area contributed by atoms with Crippen molar-refractivity contribution < 1.29 is 33.4 Å². The molecule has 0 spiro atoms. The van der Waals surface area contributed by atoms with Gasteiger partial charge in [0.05, 0.1) is 33.2 Å². The number of carbonyl (C=O) groups excluding carboxylic acids is 2. The molecule has 0 saturated heterocycles. The Kier molecular flexibility index (Phi) is 9.99. The summed E-state index contributed by atoms with van der Waals surface area (Å²) in [7, 11) is 1.75. The molecule has 32 heavy (non-hydrogen) atoms. The number of aliphatic carboxylic acids is 1. The van der Waals surface area contributed by atoms with E-state index in [-0.39, 0.29) is 37.3 Å². The Morgan fingerprint density at radius 3 is 1.56 bits per heavy atom. The minimum atomic E-state index is -0.967. The van der Waals surface area contributed by atoms with E-state index in [1.165, 1.54) is 0 Å². The van der Waals surface area contributed by atoms with Crippen molar-refractivity contribution in [2.24, 2.45) is 0 Å². The molecular formula is C23H30N3O6+. The highest BCUT2D eigenvalue weighted by Crippen LogP contribution is 2.03. The lowest BCUT2D eigenvalue weighted by molar-refractivity contribution is -0.900. The molecule has 0 saturated carbocycles. The normalized spacial score (nSPS) is 10.8. The number of quaternary nitrogens is 1. The van der Waals surface area contributed by atoms with E-state index in [1.54, 1.807) is 7.05 Å². The molecular weight excluding hydrogens is 414 g/mol. The highest BCUT2D eigenvalue weighted by molar-refractivity contribution is 5.68. The number of amides is 2. The fourth-order valence-electron chi connectivity index (χ4n) is 3.00. The summed E-state index contributed by atoms with van der Waals surface area (Å²) in [6, 6.07) is 18.6. The molecule has 0 aliphatic rings. The summed E-state index contributed by atoms with van der Waals surface area (Å²) >= 11 is 0. The number of benzene rings is 2. The molecule has 3 N–H and O–H groups in total. The topological polar surface area (TPSA) is 114 Å². The molecule has 0 aromatic heterocycles. The van der Waals surface area contributed by atoms with Gasteiger partial charge in [-0.2, -0.15) is 0 Å². The predicted octanol–water partition coefficient (Wildman–Crippen LogP) is 2.37. The van der Waals surface area contributed by atoms with E-state index in [1.807, 2.05) is 60.7 Å². The van der Waals surface area contributed by atoms with Crippen molar-refractivity contribution in [3.63, 3.8) is 0 Å². The number of rotatable bonds is 12. The average Bonchev–Trinajstić information content (AvgIpc) is 2.77. The SMILES string of the molecule is C[N+](CCNC(=O)OCc1ccccc1)(CCNC(=O)OCc1ccccc1)CC(=O)O. The largest absolute Gasteiger partial charge is 0.477 e. The molecule has 0 bridgehead atoms. The van der Waals surface area contributed by atoms with Gasteiger partial charge in [-0.3, -0.25) is 0 Å². The second kappa shape index (κ2) is 13.0. The molecule has 2 aromatic carbocycles. The molecule has 0 aliphatic heterocycles. The lowest BCUT2D eigenvalue weighted by atomic mass is 10.2. The standard InChI is InChI=1S/C23H29N3O6/c1-26(16-21(27)28,14-12-24-22(29)31-17-19-8-4-2-5-9-19)15-13-25-23(30)32-18-20-10-6-3-7-11-20/h2-11H,12-18H2,1H3,(H2-,24,25,27,28,29,30)/p+1. The number of hydrogen-bond acceptors (Lipinski definition) is 5. The van der Waals surface area contributed by atoms with Crippen LogP contribution in [-0.4, -0.2) is 67.5 Å². The van der Waals surface area contributed by atoms with Crippen molar-refractivity contribution in [2.45, 2.75) is 13.2 Å². The van der Waals surface area contributed by atoms with Gasteiger partial charge in [-0.1, -0.05) is 60.7 Å². The molecule has 0 unspecified atom stereocenters. The van der Waals surface area contributed by atoms with Gasteiger partial charge in [-0.15, -0.1) is 0 Å². The van der Waals surface area contributed by atoms with Gasteiger partial charge in [0.25, 0.3) is 0 Å². The Morgan fingerprint density at radius 1 is 0.781 bits per heavy atom. The number of likely N-dealkylation sites (N-methyl/N-ethyl adjacent to an activating group) is 1. The van der Waals surface area contributed by atoms with Crippen molar-refractivity contribution in [3.05, 3.63) is 71.8 Å². The molecule has 2 amide bonds. The molecule has 2 rings (SSSR count). The van der Waals surface area contributed by atoms with Gasteiger partial charge in [-0.25, -0.2) is 14.4 Å². The maximum atomic E-state index is 11.9. The van der Waals surface area contributed by atoms with E-state index < -0.39 is 18.2 Å². The first-order valence-electron chi connectivity index (χ1n) is 10.3. The molecule has 172 valence electrons. The van der Waals surface area contributed by atoms with Crippen LogP contribution in [0.2, 0.25) is 0 Å². The van der Waals surface area contributed by atoms with Crippen LogP contribution in [-0.2, 0) is 27.5 Å². The van der Waals surface area contributed by atoms with E-state index in [4.69, 9.17) is 9.47 Å². The van der Waals surface area contributed by atoms with Crippen LogP contribution in [0.15, 0.2) is 60.7 Å². The number of carboxylic acids is 1. The number of ether oxygens (including phenoxy) is 2. The van der Waals surface area contributed by atoms with Crippen LogP contribution in [0.5, 0.6) is 0 Å². The van der Waals surface area contributed by atoms with E-state index in [0.29, 0.717) is 13.1 Å². The third kappa shape index (κ3) is 9.94. The average molecular weight is 445 g/mol. The smallest absolute Gasteiger partial charge is 0.407 e. The minimum Gasteiger partial charge on any atom is -0.477 e. The monoisotopic (exact) mass is 444 g/mol. The summed E-state index contributed by atoms with van der Waals surface area (Å²) in [5.41, 5.74) is 1.75. The van der Waals surface area contributed by atoms with Crippen LogP contribution >= 0.6 is 0 Å². The number of nitrogens with zero attached hydrogens (tertiary/aromatic N) is 1. The first-order chi connectivity index (χ1) is 15.4. The Bertz CT molecular complexity index is 799. The maximum absolute atomic E-state index is 11.9. The third-order valence-corrected chi connectivity index (χ3v) is 4.78. The molecule has 9 heteroatoms. The predicted molar refractivity (Wildman–Crippen MR) is 118 cm³/mol. The zero-order valence-corrected chi connectivity index (χ0v) is 18.2. The van der Waals surface area contributed by atoms with Crippen molar-refractivity contribution in [2.75, 3.05) is 39.8 Å².